The molecule has 216 valence electrons. The normalized spacial score (nSPS) is 11.5. The number of nitrogens with zero attached hydrogens (tertiary/aromatic N) is 5. The van der Waals surface area contributed by atoms with Gasteiger partial charge in [0, 0.05) is 43.5 Å². The minimum absolute atomic E-state index is 0.0458. The molecule has 0 spiro atoms. The number of amides is 1. The zero-order valence-corrected chi connectivity index (χ0v) is 23.8. The molecule has 10 nitrogen and oxygen atoms in total. The Hall–Kier alpha value is -4.91. The largest absolute Gasteiger partial charge is 0.329 e. The molecule has 0 saturated carbocycles. The highest BCUT2D eigenvalue weighted by Gasteiger charge is 2.16. The summed E-state index contributed by atoms with van der Waals surface area (Å²) in [6, 6.07) is 17.3. The van der Waals surface area contributed by atoms with Gasteiger partial charge in [-0.05, 0) is 60.2 Å². The first kappa shape index (κ1) is 28.6. The molecule has 13 heteroatoms. The molecule has 0 bridgehead atoms. The van der Waals surface area contributed by atoms with E-state index >= 15 is 0 Å². The van der Waals surface area contributed by atoms with Gasteiger partial charge in [0.2, 0.25) is 17.8 Å². The minimum atomic E-state index is -3.17. The highest BCUT2D eigenvalue weighted by molar-refractivity contribution is 7.89. The molecule has 2 aromatic heterocycles. The Morgan fingerprint density at radius 3 is 2.62 bits per heavy atom. The van der Waals surface area contributed by atoms with Crippen LogP contribution in [-0.2, 0) is 33.9 Å². The fourth-order valence-electron chi connectivity index (χ4n) is 4.43. The fourth-order valence-corrected chi connectivity index (χ4v) is 5.21. The number of hydrogen-bond donors (Lipinski definition) is 2. The highest BCUT2D eigenvalue weighted by Crippen LogP contribution is 2.28. The molecule has 0 atom stereocenters. The van der Waals surface area contributed by atoms with Gasteiger partial charge in [-0.2, -0.15) is 4.98 Å². The second-order valence-corrected chi connectivity index (χ2v) is 12.0. The van der Waals surface area contributed by atoms with Gasteiger partial charge in [-0.1, -0.05) is 12.1 Å². The number of sulfone groups is 1. The maximum absolute atomic E-state index is 14.0. The van der Waals surface area contributed by atoms with Crippen LogP contribution in [0.2, 0.25) is 0 Å². The molecule has 0 unspecified atom stereocenters. The molecule has 0 aliphatic heterocycles. The number of carbonyl (C=O) groups is 1. The second-order valence-electron chi connectivity index (χ2n) is 9.82. The number of aromatic nitrogens is 4. The first-order chi connectivity index (χ1) is 19.9. The van der Waals surface area contributed by atoms with Crippen LogP contribution in [0.4, 0.5) is 37.9 Å². The first-order valence-corrected chi connectivity index (χ1v) is 14.8. The van der Waals surface area contributed by atoms with Crippen LogP contribution in [-0.4, -0.2) is 47.1 Å². The topological polar surface area (TPSA) is 122 Å². The van der Waals surface area contributed by atoms with Crippen LogP contribution in [0.5, 0.6) is 0 Å². The second kappa shape index (κ2) is 11.5. The Kier molecular flexibility index (Phi) is 7.85. The summed E-state index contributed by atoms with van der Waals surface area (Å²) >= 11 is 0. The number of rotatable bonds is 9. The number of benzene rings is 3. The Balaban J connectivity index is 1.32. The summed E-state index contributed by atoms with van der Waals surface area (Å²) in [6.45, 7) is 0. The van der Waals surface area contributed by atoms with E-state index in [9.17, 15) is 22.0 Å². The van der Waals surface area contributed by atoms with Crippen molar-refractivity contribution < 1.29 is 22.0 Å². The maximum atomic E-state index is 14.0. The Morgan fingerprint density at radius 1 is 1.02 bits per heavy atom. The third-order valence-electron chi connectivity index (χ3n) is 6.46. The summed E-state index contributed by atoms with van der Waals surface area (Å²) in [5, 5.41) is 5.79. The van der Waals surface area contributed by atoms with Crippen molar-refractivity contribution in [3.05, 3.63) is 95.7 Å². The number of anilines is 5. The molecule has 2 N–H and O–H groups in total. The smallest absolute Gasteiger partial charge is 0.231 e. The van der Waals surface area contributed by atoms with Crippen molar-refractivity contribution in [3.8, 4) is 0 Å². The van der Waals surface area contributed by atoms with E-state index in [1.165, 1.54) is 6.26 Å². The van der Waals surface area contributed by atoms with Crippen molar-refractivity contribution in [1.29, 1.82) is 0 Å². The van der Waals surface area contributed by atoms with Gasteiger partial charge in [-0.25, -0.2) is 27.2 Å². The molecule has 1 amide bonds. The lowest BCUT2D eigenvalue weighted by atomic mass is 10.1. The average Bonchev–Trinajstić information content (AvgIpc) is 3.23. The van der Waals surface area contributed by atoms with Crippen LogP contribution in [0.15, 0.2) is 72.9 Å². The number of fused-ring (bicyclic) bond motifs is 1. The van der Waals surface area contributed by atoms with Gasteiger partial charge in [0.1, 0.15) is 17.5 Å². The predicted octanol–water partition coefficient (Wildman–Crippen LogP) is 4.88. The van der Waals surface area contributed by atoms with Crippen LogP contribution in [0.3, 0.4) is 0 Å². The van der Waals surface area contributed by atoms with Crippen molar-refractivity contribution >= 4 is 55.9 Å². The molecule has 0 aliphatic carbocycles. The van der Waals surface area contributed by atoms with E-state index in [4.69, 9.17) is 0 Å². The van der Waals surface area contributed by atoms with E-state index in [1.807, 2.05) is 30.1 Å². The molecule has 0 fully saturated rings. The Labute approximate surface area is 241 Å². The number of imidazole rings is 1. The van der Waals surface area contributed by atoms with Crippen LogP contribution >= 0.6 is 0 Å². The number of hydrogen-bond acceptors (Lipinski definition) is 8. The number of aryl methyl sites for hydroxylation is 1. The van der Waals surface area contributed by atoms with E-state index in [1.54, 1.807) is 48.1 Å². The van der Waals surface area contributed by atoms with Crippen LogP contribution < -0.4 is 15.5 Å². The summed E-state index contributed by atoms with van der Waals surface area (Å²) in [4.78, 5) is 27.8. The third-order valence-corrected chi connectivity index (χ3v) is 7.32. The number of halogens is 2. The SMILES string of the molecule is CN(c1ccc2c(c1)nc(NC(=O)Cc1cc(F)ccc1F)n2C)c1ccnc(Nc2cccc(CS(C)(=O)=O)c2)n1. The zero-order valence-electron chi connectivity index (χ0n) is 23.0. The molecular formula is C29H27F2N7O3S. The van der Waals surface area contributed by atoms with Gasteiger partial charge in [-0.3, -0.25) is 10.1 Å². The van der Waals surface area contributed by atoms with Crippen LogP contribution in [0.1, 0.15) is 11.1 Å². The lowest BCUT2D eigenvalue weighted by molar-refractivity contribution is -0.115. The standard InChI is InChI=1S/C29H27F2N7O3S/c1-37(26-11-12-32-28(35-26)33-21-6-4-5-18(13-21)17-42(3,40)41)22-8-10-25-24(16-22)34-29(38(25)2)36-27(39)15-19-14-20(30)7-9-23(19)31/h4-14,16H,15,17H2,1-3H3,(H,32,33,35)(H,34,36,39). The Morgan fingerprint density at radius 2 is 1.83 bits per heavy atom. The number of carbonyl (C=O) groups excluding carboxylic acids is 1. The summed E-state index contributed by atoms with van der Waals surface area (Å²) < 4.78 is 52.5. The van der Waals surface area contributed by atoms with Gasteiger partial charge in [0.25, 0.3) is 0 Å². The van der Waals surface area contributed by atoms with E-state index in [-0.39, 0.29) is 23.7 Å². The maximum Gasteiger partial charge on any atom is 0.231 e. The van der Waals surface area contributed by atoms with Crippen molar-refractivity contribution in [2.75, 3.05) is 28.8 Å². The molecule has 2 heterocycles. The molecule has 3 aromatic carbocycles. The molecule has 42 heavy (non-hydrogen) atoms. The predicted molar refractivity (Wildman–Crippen MR) is 158 cm³/mol. The van der Waals surface area contributed by atoms with Gasteiger partial charge >= 0.3 is 0 Å². The molecule has 5 aromatic rings. The lowest BCUT2D eigenvalue weighted by Gasteiger charge is -2.19. The molecule has 5 rings (SSSR count). The number of nitrogens with one attached hydrogen (secondary N) is 2. The van der Waals surface area contributed by atoms with Gasteiger partial charge in [0.05, 0.1) is 23.2 Å². The lowest BCUT2D eigenvalue weighted by Crippen LogP contribution is -2.17. The van der Waals surface area contributed by atoms with E-state index in [0.29, 0.717) is 28.5 Å². The van der Waals surface area contributed by atoms with E-state index in [2.05, 4.69) is 25.6 Å². The van der Waals surface area contributed by atoms with Crippen molar-refractivity contribution in [2.24, 2.45) is 7.05 Å². The van der Waals surface area contributed by atoms with Gasteiger partial charge in [-0.15, -0.1) is 0 Å². The van der Waals surface area contributed by atoms with Crippen molar-refractivity contribution in [3.63, 3.8) is 0 Å². The molecule has 0 aliphatic rings. The molecule has 0 saturated heterocycles. The summed E-state index contributed by atoms with van der Waals surface area (Å²) in [7, 11) is 0.399. The molecule has 0 radical (unpaired) electrons. The van der Waals surface area contributed by atoms with Crippen LogP contribution in [0.25, 0.3) is 11.0 Å². The van der Waals surface area contributed by atoms with Crippen LogP contribution in [0, 0.1) is 11.6 Å². The Bertz CT molecular complexity index is 1910. The fraction of sp³-hybridized carbons (Fsp3) is 0.172. The third kappa shape index (κ3) is 6.69. The summed E-state index contributed by atoms with van der Waals surface area (Å²) in [6.07, 6.45) is 2.45. The summed E-state index contributed by atoms with van der Waals surface area (Å²) in [5.74, 6) is -0.706. The van der Waals surface area contributed by atoms with Crippen molar-refractivity contribution in [1.82, 2.24) is 19.5 Å². The van der Waals surface area contributed by atoms with Gasteiger partial charge in [0.15, 0.2) is 9.84 Å². The van der Waals surface area contributed by atoms with Gasteiger partial charge < -0.3 is 14.8 Å². The summed E-state index contributed by atoms with van der Waals surface area (Å²) in [5.41, 5.74) is 3.37. The quantitative estimate of drug-likeness (QED) is 0.249. The minimum Gasteiger partial charge on any atom is -0.329 e. The van der Waals surface area contributed by atoms with Crippen molar-refractivity contribution in [2.45, 2.75) is 12.2 Å². The molecular weight excluding hydrogens is 564 g/mol. The van der Waals surface area contributed by atoms with E-state index < -0.39 is 27.4 Å². The zero-order chi connectivity index (χ0) is 30.0. The van der Waals surface area contributed by atoms with E-state index in [0.717, 1.165) is 29.4 Å². The average molecular weight is 592 g/mol. The monoisotopic (exact) mass is 591 g/mol. The highest BCUT2D eigenvalue weighted by atomic mass is 32.2. The first-order valence-electron chi connectivity index (χ1n) is 12.8.